The lowest BCUT2D eigenvalue weighted by Gasteiger charge is -2.27. The third-order valence-corrected chi connectivity index (χ3v) is 6.66. The van der Waals surface area contributed by atoms with Crippen LogP contribution in [0.5, 0.6) is 5.75 Å². The van der Waals surface area contributed by atoms with E-state index in [-0.39, 0.29) is 29.1 Å². The van der Waals surface area contributed by atoms with Crippen molar-refractivity contribution in [1.29, 1.82) is 0 Å². The number of carbonyl (C=O) groups excluding carboxylic acids is 2. The molecule has 3 N–H and O–H groups in total. The molecule has 3 rings (SSSR count). The Balaban J connectivity index is 1.70. The van der Waals surface area contributed by atoms with E-state index in [9.17, 15) is 14.7 Å². The first-order valence-corrected chi connectivity index (χ1v) is 12.4. The molecule has 2 amide bonds. The number of carbonyl (C=O) groups is 2. The Kier molecular flexibility index (Phi) is 7.74. The van der Waals surface area contributed by atoms with Crippen LogP contribution in [0.3, 0.4) is 0 Å². The Morgan fingerprint density at radius 3 is 2.20 bits per heavy atom. The number of phenols is 1. The van der Waals surface area contributed by atoms with Gasteiger partial charge in [0.25, 0.3) is 0 Å². The first kappa shape index (κ1) is 26.5. The molecular weight excluding hydrogens is 460 g/mol. The highest BCUT2D eigenvalue weighted by Crippen LogP contribution is 2.39. The number of aryl methyl sites for hydroxylation is 1. The Labute approximate surface area is 211 Å². The van der Waals surface area contributed by atoms with E-state index in [1.165, 1.54) is 11.8 Å². The van der Waals surface area contributed by atoms with Crippen LogP contribution in [0.25, 0.3) is 0 Å². The lowest BCUT2D eigenvalue weighted by molar-refractivity contribution is -0.122. The van der Waals surface area contributed by atoms with Crippen LogP contribution in [0, 0.1) is 6.92 Å². The monoisotopic (exact) mass is 494 g/mol. The molecule has 0 radical (unpaired) electrons. The van der Waals surface area contributed by atoms with Gasteiger partial charge in [0, 0.05) is 23.2 Å². The number of phenolic OH excluding ortho intramolecular Hbond substituents is 1. The van der Waals surface area contributed by atoms with Crippen molar-refractivity contribution in [3.05, 3.63) is 58.7 Å². The third-order valence-electron chi connectivity index (χ3n) is 5.59. The van der Waals surface area contributed by atoms with Crippen molar-refractivity contribution in [1.82, 2.24) is 5.32 Å². The van der Waals surface area contributed by atoms with Crippen LogP contribution in [0.2, 0.25) is 0 Å². The summed E-state index contributed by atoms with van der Waals surface area (Å²) >= 11 is 1.19. The smallest absolute Gasteiger partial charge is 0.240 e. The molecule has 1 aliphatic heterocycles. The Morgan fingerprint density at radius 1 is 1.09 bits per heavy atom. The molecule has 7 nitrogen and oxygen atoms in total. The van der Waals surface area contributed by atoms with E-state index in [4.69, 9.17) is 0 Å². The molecule has 2 aromatic carbocycles. The minimum atomic E-state index is -0.567. The number of nitrogens with zero attached hydrogens (tertiary/aromatic N) is 2. The van der Waals surface area contributed by atoms with Crippen LogP contribution in [-0.2, 0) is 20.4 Å². The number of hydrogen-bond acceptors (Lipinski definition) is 6. The van der Waals surface area contributed by atoms with Crippen molar-refractivity contribution in [3.63, 3.8) is 0 Å². The van der Waals surface area contributed by atoms with Crippen LogP contribution in [-0.4, -0.2) is 33.6 Å². The molecule has 0 saturated carbocycles. The van der Waals surface area contributed by atoms with Crippen LogP contribution in [0.4, 0.5) is 5.69 Å². The summed E-state index contributed by atoms with van der Waals surface area (Å²) in [7, 11) is 0. The van der Waals surface area contributed by atoms with Crippen molar-refractivity contribution in [2.45, 2.75) is 71.0 Å². The van der Waals surface area contributed by atoms with E-state index in [1.54, 1.807) is 6.21 Å². The zero-order valence-corrected chi connectivity index (χ0v) is 22.2. The normalized spacial score (nSPS) is 17.7. The maximum absolute atomic E-state index is 12.4. The number of amides is 2. The van der Waals surface area contributed by atoms with Gasteiger partial charge >= 0.3 is 0 Å². The summed E-state index contributed by atoms with van der Waals surface area (Å²) in [5, 5.41) is 24.5. The summed E-state index contributed by atoms with van der Waals surface area (Å²) in [6.45, 7) is 14.3. The fourth-order valence-electron chi connectivity index (χ4n) is 3.63. The summed E-state index contributed by atoms with van der Waals surface area (Å²) in [6, 6.07) is 11.3. The van der Waals surface area contributed by atoms with Gasteiger partial charge in [-0.05, 0) is 47.6 Å². The van der Waals surface area contributed by atoms with Gasteiger partial charge in [-0.2, -0.15) is 5.10 Å². The van der Waals surface area contributed by atoms with Crippen molar-refractivity contribution in [2.24, 2.45) is 10.2 Å². The lowest BCUT2D eigenvalue weighted by atomic mass is 9.78. The summed E-state index contributed by atoms with van der Waals surface area (Å²) in [5.74, 6) is -0.198. The average Bonchev–Trinajstić information content (AvgIpc) is 3.08. The lowest BCUT2D eigenvalue weighted by Crippen LogP contribution is -2.28. The molecule has 0 spiro atoms. The molecule has 2 aromatic rings. The van der Waals surface area contributed by atoms with Gasteiger partial charge in [0.15, 0.2) is 5.17 Å². The van der Waals surface area contributed by atoms with Gasteiger partial charge in [0.2, 0.25) is 11.8 Å². The van der Waals surface area contributed by atoms with Gasteiger partial charge in [-0.1, -0.05) is 71.0 Å². The Bertz CT molecular complexity index is 1140. The number of anilines is 1. The predicted molar refractivity (Wildman–Crippen MR) is 144 cm³/mol. The summed E-state index contributed by atoms with van der Waals surface area (Å²) in [6.07, 6.45) is 1.65. The Hall–Kier alpha value is -3.13. The van der Waals surface area contributed by atoms with Gasteiger partial charge in [-0.3, -0.25) is 9.59 Å². The molecule has 1 heterocycles. The predicted octanol–water partition coefficient (Wildman–Crippen LogP) is 5.25. The van der Waals surface area contributed by atoms with Crippen LogP contribution < -0.4 is 10.6 Å². The summed E-state index contributed by atoms with van der Waals surface area (Å²) in [4.78, 5) is 24.7. The Morgan fingerprint density at radius 2 is 1.66 bits per heavy atom. The molecule has 0 aliphatic carbocycles. The second-order valence-corrected chi connectivity index (χ2v) is 12.0. The van der Waals surface area contributed by atoms with E-state index in [2.05, 4.69) is 62.4 Å². The van der Waals surface area contributed by atoms with Gasteiger partial charge in [0.05, 0.1) is 6.21 Å². The third kappa shape index (κ3) is 6.94. The fourth-order valence-corrected chi connectivity index (χ4v) is 4.55. The van der Waals surface area contributed by atoms with E-state index in [0.717, 1.165) is 22.3 Å². The summed E-state index contributed by atoms with van der Waals surface area (Å²) in [5.41, 5.74) is 3.78. The average molecular weight is 495 g/mol. The molecule has 0 aromatic heterocycles. The molecule has 0 bridgehead atoms. The highest BCUT2D eigenvalue weighted by atomic mass is 32.2. The summed E-state index contributed by atoms with van der Waals surface area (Å²) < 4.78 is 0. The first-order valence-electron chi connectivity index (χ1n) is 11.6. The molecule has 1 aliphatic rings. The van der Waals surface area contributed by atoms with Crippen molar-refractivity contribution in [3.8, 4) is 5.75 Å². The van der Waals surface area contributed by atoms with E-state index in [1.807, 2.05) is 43.3 Å². The SMILES string of the molecule is Cc1ccc(NC(=O)C[C@@H]2S/C(=N\N=C/c3cc(C(C)(C)C)c(O)c(C(C)(C)C)c3)NC2=O)cc1. The second kappa shape index (κ2) is 10.2. The molecule has 1 fully saturated rings. The van der Waals surface area contributed by atoms with Crippen molar-refractivity contribution in [2.75, 3.05) is 5.32 Å². The minimum Gasteiger partial charge on any atom is -0.507 e. The molecule has 1 atom stereocenters. The number of nitrogens with one attached hydrogen (secondary N) is 2. The van der Waals surface area contributed by atoms with Gasteiger partial charge in [0.1, 0.15) is 11.0 Å². The van der Waals surface area contributed by atoms with Crippen molar-refractivity contribution < 1.29 is 14.7 Å². The van der Waals surface area contributed by atoms with Crippen molar-refractivity contribution >= 4 is 40.6 Å². The molecule has 8 heteroatoms. The highest BCUT2D eigenvalue weighted by Gasteiger charge is 2.32. The zero-order chi connectivity index (χ0) is 26.0. The number of benzene rings is 2. The van der Waals surface area contributed by atoms with Crippen LogP contribution >= 0.6 is 11.8 Å². The molecule has 1 saturated heterocycles. The number of hydrogen-bond donors (Lipinski definition) is 3. The van der Waals surface area contributed by atoms with Gasteiger partial charge < -0.3 is 15.7 Å². The highest BCUT2D eigenvalue weighted by molar-refractivity contribution is 8.15. The maximum atomic E-state index is 12.4. The van der Waals surface area contributed by atoms with E-state index >= 15 is 0 Å². The molecule has 186 valence electrons. The van der Waals surface area contributed by atoms with Gasteiger partial charge in [-0.25, -0.2) is 0 Å². The van der Waals surface area contributed by atoms with Crippen LogP contribution in [0.1, 0.15) is 70.2 Å². The largest absolute Gasteiger partial charge is 0.507 e. The zero-order valence-electron chi connectivity index (χ0n) is 21.4. The van der Waals surface area contributed by atoms with E-state index < -0.39 is 5.25 Å². The fraction of sp³-hybridized carbons (Fsp3) is 0.407. The molecular formula is C27H34N4O3S. The molecule has 35 heavy (non-hydrogen) atoms. The number of amidine groups is 1. The quantitative estimate of drug-likeness (QED) is 0.390. The number of aromatic hydroxyl groups is 1. The van der Waals surface area contributed by atoms with E-state index in [0.29, 0.717) is 16.6 Å². The second-order valence-electron chi connectivity index (χ2n) is 10.8. The number of rotatable bonds is 5. The topological polar surface area (TPSA) is 103 Å². The number of thioether (sulfide) groups is 1. The maximum Gasteiger partial charge on any atom is 0.240 e. The molecule has 0 unspecified atom stereocenters. The van der Waals surface area contributed by atoms with Crippen LogP contribution in [0.15, 0.2) is 46.6 Å². The first-order chi connectivity index (χ1) is 16.2. The standard InChI is InChI=1S/C27H34N4O3S/c1-16-8-10-18(11-9-16)29-22(32)14-21-24(34)30-25(35-21)31-28-15-17-12-19(26(2,3)4)23(33)20(13-17)27(5,6)7/h8-13,15,21,33H,14H2,1-7H3,(H,29,32)(H,30,31,34)/b28-15-/t21-/m0/s1. The van der Waals surface area contributed by atoms with Gasteiger partial charge in [-0.15, -0.1) is 5.10 Å². The minimum absolute atomic E-state index is 0.0367.